The smallest absolute Gasteiger partial charge is 0.107 e. The van der Waals surface area contributed by atoms with Gasteiger partial charge in [-0.1, -0.05) is 11.8 Å². The number of methoxy groups -OCH3 is 1. The number of halogens is 1. The molecule has 1 rings (SSSR count). The van der Waals surface area contributed by atoms with Crippen molar-refractivity contribution in [2.45, 2.75) is 0 Å². The Balaban J connectivity index is 2.66. The fourth-order valence-corrected chi connectivity index (χ4v) is 1.10. The molecule has 0 aliphatic carbocycles. The van der Waals surface area contributed by atoms with Crippen LogP contribution in [-0.2, 0) is 4.74 Å². The first kappa shape index (κ1) is 9.56. The topological polar surface area (TPSA) is 9.23 Å². The maximum atomic E-state index is 4.81. The van der Waals surface area contributed by atoms with Crippen molar-refractivity contribution in [3.05, 3.63) is 33.4 Å². The van der Waals surface area contributed by atoms with Gasteiger partial charge in [-0.15, -0.1) is 0 Å². The van der Waals surface area contributed by atoms with Gasteiger partial charge in [-0.2, -0.15) is 0 Å². The van der Waals surface area contributed by atoms with Crippen molar-refractivity contribution in [2.24, 2.45) is 0 Å². The monoisotopic (exact) mass is 272 g/mol. The van der Waals surface area contributed by atoms with Gasteiger partial charge in [-0.3, -0.25) is 0 Å². The summed E-state index contributed by atoms with van der Waals surface area (Å²) in [6.07, 6.45) is 0. The van der Waals surface area contributed by atoms with Crippen molar-refractivity contribution in [1.29, 1.82) is 0 Å². The molecule has 0 aliphatic rings. The van der Waals surface area contributed by atoms with Crippen LogP contribution in [0.5, 0.6) is 0 Å². The molecule has 2 heteroatoms. The summed E-state index contributed by atoms with van der Waals surface area (Å²) in [5, 5.41) is 0. The third-order valence-electron chi connectivity index (χ3n) is 1.29. The van der Waals surface area contributed by atoms with Crippen LogP contribution in [0.3, 0.4) is 0 Å². The maximum Gasteiger partial charge on any atom is 0.107 e. The van der Waals surface area contributed by atoms with Crippen molar-refractivity contribution in [3.63, 3.8) is 0 Å². The van der Waals surface area contributed by atoms with E-state index in [2.05, 4.69) is 34.4 Å². The van der Waals surface area contributed by atoms with Gasteiger partial charge in [0, 0.05) is 16.2 Å². The van der Waals surface area contributed by atoms with E-state index in [1.165, 1.54) is 3.57 Å². The molecule has 0 atom stereocenters. The summed E-state index contributed by atoms with van der Waals surface area (Å²) in [6.45, 7) is 0.492. The van der Waals surface area contributed by atoms with Crippen LogP contribution < -0.4 is 0 Å². The van der Waals surface area contributed by atoms with E-state index < -0.39 is 0 Å². The predicted molar refractivity (Wildman–Crippen MR) is 57.9 cm³/mol. The summed E-state index contributed by atoms with van der Waals surface area (Å²) in [5.74, 6) is 5.89. The van der Waals surface area contributed by atoms with E-state index in [9.17, 15) is 0 Å². The summed E-state index contributed by atoms with van der Waals surface area (Å²) in [7, 11) is 1.64. The lowest BCUT2D eigenvalue weighted by atomic mass is 10.2. The minimum absolute atomic E-state index is 0.492. The molecule has 0 saturated carbocycles. The van der Waals surface area contributed by atoms with E-state index >= 15 is 0 Å². The fraction of sp³-hybridized carbons (Fsp3) is 0.200. The van der Waals surface area contributed by atoms with Gasteiger partial charge in [0.2, 0.25) is 0 Å². The molecule has 0 bridgehead atoms. The minimum atomic E-state index is 0.492. The molecule has 1 aromatic carbocycles. The minimum Gasteiger partial charge on any atom is -0.372 e. The fourth-order valence-electron chi connectivity index (χ4n) is 0.744. The summed E-state index contributed by atoms with van der Waals surface area (Å²) in [6, 6.07) is 8.09. The maximum absolute atomic E-state index is 4.81. The van der Waals surface area contributed by atoms with E-state index in [4.69, 9.17) is 4.74 Å². The Morgan fingerprint density at radius 1 is 1.33 bits per heavy atom. The summed E-state index contributed by atoms with van der Waals surface area (Å²) in [5.41, 5.74) is 1.03. The Morgan fingerprint density at radius 2 is 2.00 bits per heavy atom. The van der Waals surface area contributed by atoms with Crippen LogP contribution >= 0.6 is 22.6 Å². The number of rotatable bonds is 1. The van der Waals surface area contributed by atoms with E-state index in [1.807, 2.05) is 24.3 Å². The average molecular weight is 272 g/mol. The summed E-state index contributed by atoms with van der Waals surface area (Å²) in [4.78, 5) is 0. The molecular weight excluding hydrogens is 263 g/mol. The number of hydrogen-bond acceptors (Lipinski definition) is 1. The van der Waals surface area contributed by atoms with Crippen LogP contribution in [0.25, 0.3) is 0 Å². The molecule has 0 spiro atoms. The molecule has 0 aliphatic heterocycles. The van der Waals surface area contributed by atoms with Crippen LogP contribution in [0.2, 0.25) is 0 Å². The Morgan fingerprint density at radius 3 is 2.58 bits per heavy atom. The highest BCUT2D eigenvalue weighted by Crippen LogP contribution is 2.05. The molecule has 0 heterocycles. The second kappa shape index (κ2) is 5.18. The lowest BCUT2D eigenvalue weighted by Gasteiger charge is -1.90. The lowest BCUT2D eigenvalue weighted by Crippen LogP contribution is -1.81. The first-order chi connectivity index (χ1) is 5.83. The molecule has 0 fully saturated rings. The SMILES string of the molecule is COCC#Cc1ccc(I)cc1. The molecule has 0 saturated heterocycles. The second-order valence-corrected chi connectivity index (χ2v) is 3.49. The standard InChI is InChI=1S/C10H9IO/c1-12-8-2-3-9-4-6-10(11)7-5-9/h4-7H,8H2,1H3. The first-order valence-electron chi connectivity index (χ1n) is 3.56. The summed E-state index contributed by atoms with van der Waals surface area (Å²) < 4.78 is 6.04. The Bertz CT molecular complexity index is 292. The molecule has 0 amide bonds. The first-order valence-corrected chi connectivity index (χ1v) is 4.64. The molecule has 12 heavy (non-hydrogen) atoms. The molecule has 0 unspecified atom stereocenters. The average Bonchev–Trinajstić information content (AvgIpc) is 2.09. The van der Waals surface area contributed by atoms with Crippen LogP contribution in [0.4, 0.5) is 0 Å². The van der Waals surface area contributed by atoms with Gasteiger partial charge in [0.1, 0.15) is 6.61 Å². The zero-order chi connectivity index (χ0) is 8.81. The highest BCUT2D eigenvalue weighted by Gasteiger charge is 1.85. The Hall–Kier alpha value is -0.530. The highest BCUT2D eigenvalue weighted by atomic mass is 127. The van der Waals surface area contributed by atoms with Gasteiger partial charge in [0.15, 0.2) is 0 Å². The normalized spacial score (nSPS) is 8.83. The zero-order valence-corrected chi connectivity index (χ0v) is 8.96. The van der Waals surface area contributed by atoms with Crippen molar-refractivity contribution in [1.82, 2.24) is 0 Å². The predicted octanol–water partition coefficient (Wildman–Crippen LogP) is 2.29. The van der Waals surface area contributed by atoms with E-state index in [-0.39, 0.29) is 0 Å². The quantitative estimate of drug-likeness (QED) is 0.563. The third kappa shape index (κ3) is 3.24. The molecule has 0 radical (unpaired) electrons. The summed E-state index contributed by atoms with van der Waals surface area (Å²) >= 11 is 2.27. The van der Waals surface area contributed by atoms with Crippen molar-refractivity contribution >= 4 is 22.6 Å². The van der Waals surface area contributed by atoms with Crippen molar-refractivity contribution in [3.8, 4) is 11.8 Å². The van der Waals surface area contributed by atoms with E-state index in [0.717, 1.165) is 5.56 Å². The zero-order valence-electron chi connectivity index (χ0n) is 6.80. The van der Waals surface area contributed by atoms with E-state index in [1.54, 1.807) is 7.11 Å². The molecule has 62 valence electrons. The van der Waals surface area contributed by atoms with Crippen LogP contribution in [0.15, 0.2) is 24.3 Å². The van der Waals surface area contributed by atoms with Gasteiger partial charge >= 0.3 is 0 Å². The second-order valence-electron chi connectivity index (χ2n) is 2.24. The highest BCUT2D eigenvalue weighted by molar-refractivity contribution is 14.1. The number of hydrogen-bond donors (Lipinski definition) is 0. The molecule has 0 N–H and O–H groups in total. The lowest BCUT2D eigenvalue weighted by molar-refractivity contribution is 0.240. The third-order valence-corrected chi connectivity index (χ3v) is 2.01. The van der Waals surface area contributed by atoms with Crippen LogP contribution in [0.1, 0.15) is 5.56 Å². The van der Waals surface area contributed by atoms with Gasteiger partial charge in [0.05, 0.1) is 0 Å². The number of ether oxygens (including phenoxy) is 1. The van der Waals surface area contributed by atoms with Gasteiger partial charge in [-0.25, -0.2) is 0 Å². The molecule has 0 aromatic heterocycles. The molecule has 1 nitrogen and oxygen atoms in total. The van der Waals surface area contributed by atoms with Gasteiger partial charge in [-0.05, 0) is 46.9 Å². The number of benzene rings is 1. The Kier molecular flexibility index (Phi) is 4.12. The largest absolute Gasteiger partial charge is 0.372 e. The van der Waals surface area contributed by atoms with Crippen LogP contribution in [0, 0.1) is 15.4 Å². The van der Waals surface area contributed by atoms with Gasteiger partial charge < -0.3 is 4.74 Å². The van der Waals surface area contributed by atoms with Crippen molar-refractivity contribution < 1.29 is 4.74 Å². The van der Waals surface area contributed by atoms with E-state index in [0.29, 0.717) is 6.61 Å². The molecular formula is C10H9IO. The molecule has 1 aromatic rings. The van der Waals surface area contributed by atoms with Crippen LogP contribution in [-0.4, -0.2) is 13.7 Å². The van der Waals surface area contributed by atoms with Gasteiger partial charge in [0.25, 0.3) is 0 Å². The van der Waals surface area contributed by atoms with Crippen molar-refractivity contribution in [2.75, 3.05) is 13.7 Å². The Labute approximate surface area is 86.3 Å².